The average Bonchev–Trinajstić information content (AvgIpc) is 3.16. The Kier molecular flexibility index (Phi) is 8.89. The van der Waals surface area contributed by atoms with Crippen molar-refractivity contribution in [3.63, 3.8) is 0 Å². The van der Waals surface area contributed by atoms with E-state index in [4.69, 9.17) is 4.99 Å². The van der Waals surface area contributed by atoms with Crippen molar-refractivity contribution >= 4 is 41.3 Å². The van der Waals surface area contributed by atoms with Crippen LogP contribution in [-0.4, -0.2) is 45.7 Å². The molecule has 1 saturated heterocycles. The van der Waals surface area contributed by atoms with Gasteiger partial charge in [-0.15, -0.1) is 24.0 Å². The minimum Gasteiger partial charge on any atom is -0.378 e. The molecular weight excluding hydrogens is 461 g/mol. The molecule has 6 heteroatoms. The number of guanidine groups is 1. The van der Waals surface area contributed by atoms with Gasteiger partial charge in [0.2, 0.25) is 0 Å². The molecule has 0 spiro atoms. The molecule has 5 nitrogen and oxygen atoms in total. The van der Waals surface area contributed by atoms with Crippen LogP contribution in [0.15, 0.2) is 59.6 Å². The highest BCUT2D eigenvalue weighted by Gasteiger charge is 2.23. The molecule has 2 N–H and O–H groups in total. The van der Waals surface area contributed by atoms with E-state index in [1.807, 2.05) is 0 Å². The number of nitrogens with zero attached hydrogens (tertiary/aromatic N) is 3. The summed E-state index contributed by atoms with van der Waals surface area (Å²) in [4.78, 5) is 9.35. The third-order valence-electron chi connectivity index (χ3n) is 4.84. The van der Waals surface area contributed by atoms with Crippen molar-refractivity contribution in [1.82, 2.24) is 10.6 Å². The number of nitrogens with one attached hydrogen (secondary N) is 2. The SMILES string of the molecule is CCNC(=NCc1cccc(N(C)C)c1)NC1CCN(c2ccccc2)C1.I. The third-order valence-corrected chi connectivity index (χ3v) is 4.84. The van der Waals surface area contributed by atoms with Crippen molar-refractivity contribution in [3.8, 4) is 0 Å². The molecule has 1 aliphatic heterocycles. The fourth-order valence-electron chi connectivity index (χ4n) is 3.37. The van der Waals surface area contributed by atoms with Crippen LogP contribution < -0.4 is 20.4 Å². The quantitative estimate of drug-likeness (QED) is 0.366. The Morgan fingerprint density at radius 1 is 1.14 bits per heavy atom. The summed E-state index contributed by atoms with van der Waals surface area (Å²) in [6.07, 6.45) is 1.12. The minimum absolute atomic E-state index is 0. The van der Waals surface area contributed by atoms with Crippen LogP contribution in [0.4, 0.5) is 11.4 Å². The first-order valence-electron chi connectivity index (χ1n) is 9.77. The van der Waals surface area contributed by atoms with E-state index in [0.717, 1.165) is 32.0 Å². The maximum Gasteiger partial charge on any atom is 0.191 e. The van der Waals surface area contributed by atoms with Gasteiger partial charge in [-0.1, -0.05) is 30.3 Å². The monoisotopic (exact) mass is 493 g/mol. The highest BCUT2D eigenvalue weighted by atomic mass is 127. The number of hydrogen-bond acceptors (Lipinski definition) is 3. The normalized spacial score (nSPS) is 16.5. The first kappa shape index (κ1) is 22.3. The summed E-state index contributed by atoms with van der Waals surface area (Å²) in [6, 6.07) is 19.6. The number of benzene rings is 2. The maximum atomic E-state index is 4.80. The summed E-state index contributed by atoms with van der Waals surface area (Å²) < 4.78 is 0. The molecule has 1 aliphatic rings. The zero-order valence-electron chi connectivity index (χ0n) is 17.1. The smallest absolute Gasteiger partial charge is 0.191 e. The van der Waals surface area contributed by atoms with E-state index in [-0.39, 0.29) is 24.0 Å². The Balaban J connectivity index is 0.00000280. The summed E-state index contributed by atoms with van der Waals surface area (Å²) in [6.45, 7) is 5.72. The molecule has 2 aromatic rings. The van der Waals surface area contributed by atoms with Gasteiger partial charge in [-0.3, -0.25) is 0 Å². The largest absolute Gasteiger partial charge is 0.378 e. The van der Waals surface area contributed by atoms with Gasteiger partial charge in [0, 0.05) is 51.1 Å². The third kappa shape index (κ3) is 6.29. The molecule has 1 fully saturated rings. The molecule has 28 heavy (non-hydrogen) atoms. The zero-order valence-corrected chi connectivity index (χ0v) is 19.4. The topological polar surface area (TPSA) is 42.9 Å². The number of para-hydroxylation sites is 1. The Hall–Kier alpha value is -1.96. The molecule has 0 amide bonds. The lowest BCUT2D eigenvalue weighted by Crippen LogP contribution is -2.44. The van der Waals surface area contributed by atoms with Crippen molar-refractivity contribution in [1.29, 1.82) is 0 Å². The van der Waals surface area contributed by atoms with Gasteiger partial charge < -0.3 is 20.4 Å². The molecule has 1 unspecified atom stereocenters. The lowest BCUT2D eigenvalue weighted by Gasteiger charge is -2.20. The van der Waals surface area contributed by atoms with Crippen molar-refractivity contribution in [2.75, 3.05) is 43.5 Å². The number of anilines is 2. The standard InChI is InChI=1S/C22H31N5.HI/c1-4-23-22(24-16-18-9-8-12-21(15-18)26(2)3)25-19-13-14-27(17-19)20-10-6-5-7-11-20;/h5-12,15,19H,4,13-14,16-17H2,1-3H3,(H2,23,24,25);1H. The molecule has 3 rings (SSSR count). The Morgan fingerprint density at radius 2 is 1.93 bits per heavy atom. The molecule has 152 valence electrons. The first-order valence-corrected chi connectivity index (χ1v) is 9.77. The Labute approximate surface area is 186 Å². The van der Waals surface area contributed by atoms with E-state index >= 15 is 0 Å². The van der Waals surface area contributed by atoms with Crippen LogP contribution in [0.25, 0.3) is 0 Å². The lowest BCUT2D eigenvalue weighted by atomic mass is 10.2. The van der Waals surface area contributed by atoms with Crippen LogP contribution in [0.1, 0.15) is 18.9 Å². The van der Waals surface area contributed by atoms with E-state index in [9.17, 15) is 0 Å². The molecule has 2 aromatic carbocycles. The Bertz CT molecular complexity index is 748. The molecule has 0 aliphatic carbocycles. The van der Waals surface area contributed by atoms with Gasteiger partial charge in [-0.25, -0.2) is 4.99 Å². The highest BCUT2D eigenvalue weighted by molar-refractivity contribution is 14.0. The second-order valence-electron chi connectivity index (χ2n) is 7.17. The van der Waals surface area contributed by atoms with E-state index in [2.05, 4.69) is 96.0 Å². The van der Waals surface area contributed by atoms with E-state index in [0.29, 0.717) is 12.6 Å². The molecule has 0 radical (unpaired) electrons. The zero-order chi connectivity index (χ0) is 19.1. The summed E-state index contributed by atoms with van der Waals surface area (Å²) >= 11 is 0. The summed E-state index contributed by atoms with van der Waals surface area (Å²) in [5, 5.41) is 6.99. The van der Waals surface area contributed by atoms with Crippen LogP contribution in [0.3, 0.4) is 0 Å². The predicted molar refractivity (Wildman–Crippen MR) is 131 cm³/mol. The van der Waals surface area contributed by atoms with Gasteiger partial charge in [0.25, 0.3) is 0 Å². The number of aliphatic imine (C=N–C) groups is 1. The van der Waals surface area contributed by atoms with Gasteiger partial charge >= 0.3 is 0 Å². The fourth-order valence-corrected chi connectivity index (χ4v) is 3.37. The van der Waals surface area contributed by atoms with Crippen molar-refractivity contribution < 1.29 is 0 Å². The van der Waals surface area contributed by atoms with Crippen LogP contribution in [0.5, 0.6) is 0 Å². The van der Waals surface area contributed by atoms with E-state index in [1.54, 1.807) is 0 Å². The van der Waals surface area contributed by atoms with Gasteiger partial charge in [0.15, 0.2) is 5.96 Å². The summed E-state index contributed by atoms with van der Waals surface area (Å²) in [5.41, 5.74) is 3.72. The van der Waals surface area contributed by atoms with E-state index < -0.39 is 0 Å². The van der Waals surface area contributed by atoms with E-state index in [1.165, 1.54) is 16.9 Å². The highest BCUT2D eigenvalue weighted by Crippen LogP contribution is 2.19. The average molecular weight is 493 g/mol. The molecule has 0 saturated carbocycles. The van der Waals surface area contributed by atoms with Gasteiger partial charge in [-0.05, 0) is 43.2 Å². The molecule has 0 bridgehead atoms. The lowest BCUT2D eigenvalue weighted by molar-refractivity contribution is 0.649. The molecule has 1 atom stereocenters. The van der Waals surface area contributed by atoms with Gasteiger partial charge in [0.1, 0.15) is 0 Å². The first-order chi connectivity index (χ1) is 13.2. The number of rotatable bonds is 6. The van der Waals surface area contributed by atoms with Crippen LogP contribution in [-0.2, 0) is 6.54 Å². The maximum absolute atomic E-state index is 4.80. The molecule has 0 aromatic heterocycles. The van der Waals surface area contributed by atoms with Crippen molar-refractivity contribution in [2.24, 2.45) is 4.99 Å². The second kappa shape index (κ2) is 11.1. The minimum atomic E-state index is 0. The van der Waals surface area contributed by atoms with Crippen molar-refractivity contribution in [2.45, 2.75) is 25.9 Å². The van der Waals surface area contributed by atoms with Crippen LogP contribution in [0.2, 0.25) is 0 Å². The van der Waals surface area contributed by atoms with Crippen LogP contribution in [0, 0.1) is 0 Å². The molecular formula is C22H32IN5. The number of hydrogen-bond donors (Lipinski definition) is 2. The summed E-state index contributed by atoms with van der Waals surface area (Å²) in [7, 11) is 4.12. The second-order valence-corrected chi connectivity index (χ2v) is 7.17. The summed E-state index contributed by atoms with van der Waals surface area (Å²) in [5.74, 6) is 0.896. The van der Waals surface area contributed by atoms with Crippen molar-refractivity contribution in [3.05, 3.63) is 60.2 Å². The fraction of sp³-hybridized carbons (Fsp3) is 0.409. The van der Waals surface area contributed by atoms with Gasteiger partial charge in [0.05, 0.1) is 6.54 Å². The molecule has 1 heterocycles. The predicted octanol–water partition coefficient (Wildman–Crippen LogP) is 3.70. The Morgan fingerprint density at radius 3 is 2.64 bits per heavy atom. The van der Waals surface area contributed by atoms with Crippen LogP contribution >= 0.6 is 24.0 Å². The van der Waals surface area contributed by atoms with Gasteiger partial charge in [-0.2, -0.15) is 0 Å². The number of halogens is 1.